The molecule has 7 heteroatoms. The van der Waals surface area contributed by atoms with Crippen LogP contribution in [0, 0.1) is 11.8 Å². The number of allylic oxidation sites excluding steroid dienone is 2. The van der Waals surface area contributed by atoms with E-state index in [9.17, 15) is 14.4 Å². The van der Waals surface area contributed by atoms with E-state index in [4.69, 9.17) is 0 Å². The summed E-state index contributed by atoms with van der Waals surface area (Å²) in [4.78, 5) is 40.9. The number of carbonyl (C=O) groups is 3. The summed E-state index contributed by atoms with van der Waals surface area (Å²) in [5.74, 6) is -1.84. The maximum Gasteiger partial charge on any atom is 0.337 e. The van der Waals surface area contributed by atoms with E-state index in [2.05, 4.69) is 20.4 Å². The molecule has 0 aliphatic heterocycles. The minimum Gasteiger partial charge on any atom is -0.465 e. The van der Waals surface area contributed by atoms with Crippen LogP contribution in [0.1, 0.15) is 23.2 Å². The van der Waals surface area contributed by atoms with Crippen LogP contribution in [0.3, 0.4) is 0 Å². The van der Waals surface area contributed by atoms with E-state index in [-0.39, 0.29) is 11.8 Å². The molecule has 0 bridgehead atoms. The van der Waals surface area contributed by atoms with Crippen molar-refractivity contribution in [3.8, 4) is 0 Å². The highest BCUT2D eigenvalue weighted by Crippen LogP contribution is 2.28. The van der Waals surface area contributed by atoms with Crippen LogP contribution in [-0.2, 0) is 14.3 Å². The van der Waals surface area contributed by atoms with E-state index in [1.165, 1.54) is 7.11 Å². The number of rotatable bonds is 5. The second-order valence-corrected chi connectivity index (χ2v) is 6.44. The summed E-state index contributed by atoms with van der Waals surface area (Å²) in [5.41, 5.74) is 1.55. The van der Waals surface area contributed by atoms with Crippen LogP contribution >= 0.6 is 0 Å². The molecule has 0 radical (unpaired) electrons. The molecule has 1 aromatic heterocycles. The highest BCUT2D eigenvalue weighted by atomic mass is 16.5. The van der Waals surface area contributed by atoms with Gasteiger partial charge in [-0.05, 0) is 49.2 Å². The molecule has 28 heavy (non-hydrogen) atoms. The van der Waals surface area contributed by atoms with E-state index in [1.807, 2.05) is 12.2 Å². The van der Waals surface area contributed by atoms with Crippen LogP contribution in [0.25, 0.3) is 0 Å². The van der Waals surface area contributed by atoms with Gasteiger partial charge in [-0.25, -0.2) is 4.79 Å². The first-order chi connectivity index (χ1) is 13.6. The maximum atomic E-state index is 12.8. The summed E-state index contributed by atoms with van der Waals surface area (Å²) in [6.45, 7) is 0. The Morgan fingerprint density at radius 1 is 0.929 bits per heavy atom. The lowest BCUT2D eigenvalue weighted by Crippen LogP contribution is -2.37. The fourth-order valence-corrected chi connectivity index (χ4v) is 3.11. The van der Waals surface area contributed by atoms with Crippen LogP contribution in [0.15, 0.2) is 60.9 Å². The standard InChI is InChI=1S/C21H21N3O4/c1-28-21(27)14-8-10-15(11-9-14)23-19(25)17-6-2-3-7-18(17)20(26)24-16-5-4-12-22-13-16/h2-5,8-13,17-18H,6-7H2,1H3,(H,23,25)(H,24,26). The van der Waals surface area contributed by atoms with Gasteiger partial charge in [-0.15, -0.1) is 0 Å². The molecule has 7 nitrogen and oxygen atoms in total. The van der Waals surface area contributed by atoms with Gasteiger partial charge in [0.05, 0.1) is 36.4 Å². The minimum atomic E-state index is -0.484. The van der Waals surface area contributed by atoms with Crippen molar-refractivity contribution in [2.24, 2.45) is 11.8 Å². The average molecular weight is 379 g/mol. The molecule has 0 fully saturated rings. The fourth-order valence-electron chi connectivity index (χ4n) is 3.11. The van der Waals surface area contributed by atoms with Gasteiger partial charge >= 0.3 is 5.97 Å². The van der Waals surface area contributed by atoms with Gasteiger partial charge in [0.2, 0.25) is 11.8 Å². The Bertz CT molecular complexity index is 878. The summed E-state index contributed by atoms with van der Waals surface area (Å²) in [5, 5.41) is 5.65. The quantitative estimate of drug-likeness (QED) is 0.615. The number of esters is 1. The van der Waals surface area contributed by atoms with Gasteiger partial charge in [0.25, 0.3) is 0 Å². The lowest BCUT2D eigenvalue weighted by Gasteiger charge is -2.26. The fraction of sp³-hybridized carbons (Fsp3) is 0.238. The van der Waals surface area contributed by atoms with Crippen molar-refractivity contribution in [2.75, 3.05) is 17.7 Å². The van der Waals surface area contributed by atoms with Crippen molar-refractivity contribution in [3.05, 3.63) is 66.5 Å². The Morgan fingerprint density at radius 2 is 1.54 bits per heavy atom. The number of ether oxygens (including phenoxy) is 1. The number of hydrogen-bond acceptors (Lipinski definition) is 5. The van der Waals surface area contributed by atoms with Crippen LogP contribution in [0.4, 0.5) is 11.4 Å². The highest BCUT2D eigenvalue weighted by molar-refractivity contribution is 6.00. The molecule has 1 aliphatic carbocycles. The number of aromatic nitrogens is 1. The summed E-state index contributed by atoms with van der Waals surface area (Å²) in [6, 6.07) is 9.91. The van der Waals surface area contributed by atoms with E-state index in [0.717, 1.165) is 0 Å². The third-order valence-electron chi connectivity index (χ3n) is 4.61. The third kappa shape index (κ3) is 4.62. The monoisotopic (exact) mass is 379 g/mol. The lowest BCUT2D eigenvalue weighted by atomic mass is 9.81. The molecule has 0 saturated heterocycles. The zero-order chi connectivity index (χ0) is 19.9. The van der Waals surface area contributed by atoms with Crippen molar-refractivity contribution in [1.29, 1.82) is 0 Å². The number of carbonyl (C=O) groups excluding carboxylic acids is 3. The first-order valence-electron chi connectivity index (χ1n) is 8.93. The number of hydrogen-bond donors (Lipinski definition) is 2. The Hall–Kier alpha value is -3.48. The molecule has 144 valence electrons. The Kier molecular flexibility index (Phi) is 6.16. The molecule has 2 unspecified atom stereocenters. The number of amides is 2. The van der Waals surface area contributed by atoms with Crippen LogP contribution in [0.2, 0.25) is 0 Å². The van der Waals surface area contributed by atoms with E-state index in [0.29, 0.717) is 29.8 Å². The van der Waals surface area contributed by atoms with Gasteiger partial charge < -0.3 is 15.4 Å². The largest absolute Gasteiger partial charge is 0.465 e. The second kappa shape index (κ2) is 8.94. The molecule has 0 spiro atoms. The molecule has 2 atom stereocenters. The molecule has 2 N–H and O–H groups in total. The number of methoxy groups -OCH3 is 1. The molecule has 1 heterocycles. The second-order valence-electron chi connectivity index (χ2n) is 6.44. The lowest BCUT2D eigenvalue weighted by molar-refractivity contribution is -0.129. The molecule has 2 amide bonds. The summed E-state index contributed by atoms with van der Waals surface area (Å²) in [7, 11) is 1.31. The number of benzene rings is 1. The van der Waals surface area contributed by atoms with Gasteiger partial charge in [-0.2, -0.15) is 0 Å². The first kappa shape index (κ1) is 19.3. The molecule has 1 aromatic carbocycles. The Morgan fingerprint density at radius 3 is 2.07 bits per heavy atom. The first-order valence-corrected chi connectivity index (χ1v) is 8.93. The molecule has 2 aromatic rings. The summed E-state index contributed by atoms with van der Waals surface area (Å²) >= 11 is 0. The Labute approximate surface area is 162 Å². The molecular weight excluding hydrogens is 358 g/mol. The van der Waals surface area contributed by atoms with E-state index < -0.39 is 17.8 Å². The molecule has 3 rings (SSSR count). The number of anilines is 2. The minimum absolute atomic E-state index is 0.210. The summed E-state index contributed by atoms with van der Waals surface area (Å²) < 4.78 is 4.66. The molecule has 0 saturated carbocycles. The third-order valence-corrected chi connectivity index (χ3v) is 4.61. The van der Waals surface area contributed by atoms with Gasteiger partial charge in [0.1, 0.15) is 0 Å². The topological polar surface area (TPSA) is 97.4 Å². The smallest absolute Gasteiger partial charge is 0.337 e. The molecular formula is C21H21N3O4. The highest BCUT2D eigenvalue weighted by Gasteiger charge is 2.34. The van der Waals surface area contributed by atoms with Crippen molar-refractivity contribution in [3.63, 3.8) is 0 Å². The zero-order valence-electron chi connectivity index (χ0n) is 15.4. The predicted octanol–water partition coefficient (Wildman–Crippen LogP) is 3.03. The van der Waals surface area contributed by atoms with Crippen LogP contribution in [0.5, 0.6) is 0 Å². The number of nitrogens with zero attached hydrogens (tertiary/aromatic N) is 1. The SMILES string of the molecule is COC(=O)c1ccc(NC(=O)C2CC=CCC2C(=O)Nc2cccnc2)cc1. The predicted molar refractivity (Wildman–Crippen MR) is 105 cm³/mol. The normalized spacial score (nSPS) is 18.2. The molecule has 1 aliphatic rings. The van der Waals surface area contributed by atoms with E-state index >= 15 is 0 Å². The van der Waals surface area contributed by atoms with Crippen LogP contribution in [-0.4, -0.2) is 29.9 Å². The van der Waals surface area contributed by atoms with Gasteiger partial charge in [0, 0.05) is 11.9 Å². The number of nitrogens with one attached hydrogen (secondary N) is 2. The van der Waals surface area contributed by atoms with Crippen molar-refractivity contribution in [1.82, 2.24) is 4.98 Å². The number of pyridine rings is 1. The zero-order valence-corrected chi connectivity index (χ0v) is 15.4. The van der Waals surface area contributed by atoms with Crippen molar-refractivity contribution >= 4 is 29.2 Å². The summed E-state index contributed by atoms with van der Waals surface area (Å²) in [6.07, 6.45) is 8.00. The Balaban J connectivity index is 1.67. The van der Waals surface area contributed by atoms with Gasteiger partial charge in [-0.3, -0.25) is 14.6 Å². The van der Waals surface area contributed by atoms with Gasteiger partial charge in [0.15, 0.2) is 0 Å². The van der Waals surface area contributed by atoms with Crippen molar-refractivity contribution in [2.45, 2.75) is 12.8 Å². The van der Waals surface area contributed by atoms with Crippen molar-refractivity contribution < 1.29 is 19.1 Å². The average Bonchev–Trinajstić information content (AvgIpc) is 2.74. The van der Waals surface area contributed by atoms with Gasteiger partial charge in [-0.1, -0.05) is 12.2 Å². The van der Waals surface area contributed by atoms with E-state index in [1.54, 1.807) is 48.8 Å². The van der Waals surface area contributed by atoms with Crippen LogP contribution < -0.4 is 10.6 Å². The maximum absolute atomic E-state index is 12.8.